The second-order valence-corrected chi connectivity index (χ2v) is 15.6. The van der Waals surface area contributed by atoms with Crippen LogP contribution in [-0.2, 0) is 42.9 Å². The van der Waals surface area contributed by atoms with Crippen molar-refractivity contribution in [3.63, 3.8) is 0 Å². The molecule has 4 aromatic carbocycles. The summed E-state index contributed by atoms with van der Waals surface area (Å²) in [5, 5.41) is 26.1. The van der Waals surface area contributed by atoms with Gasteiger partial charge < -0.3 is 51.7 Å². The molecule has 4 atom stereocenters. The third kappa shape index (κ3) is 15.1. The second kappa shape index (κ2) is 27.5. The summed E-state index contributed by atoms with van der Waals surface area (Å²) in [4.78, 5) is 38.5. The highest BCUT2D eigenvalue weighted by Crippen LogP contribution is 2.37. The maximum Gasteiger partial charge on any atom is 0.338 e. The van der Waals surface area contributed by atoms with E-state index in [-0.39, 0.29) is 87.8 Å². The van der Waals surface area contributed by atoms with Crippen LogP contribution in [0.25, 0.3) is 22.9 Å². The minimum atomic E-state index is -1.36. The zero-order valence-electron chi connectivity index (χ0n) is 40.0. The van der Waals surface area contributed by atoms with Gasteiger partial charge in [-0.2, -0.15) is 0 Å². The summed E-state index contributed by atoms with van der Waals surface area (Å²) in [7, 11) is 0. The summed E-state index contributed by atoms with van der Waals surface area (Å²) in [5.41, 5.74) is 2.41. The average molecular weight is 1020 g/mol. The topological polar surface area (TPSA) is 220 Å². The van der Waals surface area contributed by atoms with Crippen molar-refractivity contribution in [3.8, 4) is 34.4 Å². The van der Waals surface area contributed by atoms with Crippen LogP contribution < -0.4 is 9.47 Å². The molecule has 2 aromatic heterocycles. The van der Waals surface area contributed by atoms with Gasteiger partial charge in [0, 0.05) is 34.4 Å². The van der Waals surface area contributed by atoms with E-state index in [0.29, 0.717) is 43.8 Å². The van der Waals surface area contributed by atoms with Crippen LogP contribution in [0.1, 0.15) is 76.7 Å². The van der Waals surface area contributed by atoms with Crippen LogP contribution in [-0.4, -0.2) is 109 Å². The SMILES string of the molecule is CCON=C(COc1cccc(C(OC(c2cccc(OCC(=NOCC)c3nnc(-c4cccc(Cl)c4)o3)c2)C(OCC)C(=O)OCC)C(OCC)C(=O)OCC)c1)c1nnc(-c2cccc(Cl)c2)o1. The number of aromatic nitrogens is 4. The van der Waals surface area contributed by atoms with Gasteiger partial charge in [-0.05, 0) is 113 Å². The van der Waals surface area contributed by atoms with Gasteiger partial charge in [0.05, 0.1) is 13.2 Å². The van der Waals surface area contributed by atoms with Crippen LogP contribution in [0.3, 0.4) is 0 Å². The van der Waals surface area contributed by atoms with Gasteiger partial charge >= 0.3 is 11.9 Å². The summed E-state index contributed by atoms with van der Waals surface area (Å²) in [6.45, 7) is 10.8. The smallest absolute Gasteiger partial charge is 0.338 e. The molecule has 6 rings (SSSR count). The maximum atomic E-state index is 13.9. The van der Waals surface area contributed by atoms with Crippen LogP contribution >= 0.6 is 23.2 Å². The van der Waals surface area contributed by atoms with Crippen molar-refractivity contribution in [2.75, 3.05) is 52.9 Å². The molecule has 0 amide bonds. The number of carbonyl (C=O) groups is 2. The van der Waals surface area contributed by atoms with Crippen LogP contribution in [0.4, 0.5) is 0 Å². The Hall–Kier alpha value is -6.90. The predicted octanol–water partition coefficient (Wildman–Crippen LogP) is 9.47. The van der Waals surface area contributed by atoms with Crippen molar-refractivity contribution in [1.29, 1.82) is 0 Å². The molecule has 0 saturated heterocycles. The van der Waals surface area contributed by atoms with Gasteiger partial charge in [0.25, 0.3) is 11.8 Å². The molecule has 0 spiro atoms. The van der Waals surface area contributed by atoms with Gasteiger partial charge in [-0.1, -0.05) is 69.9 Å². The Morgan fingerprint density at radius 2 is 0.958 bits per heavy atom. The number of nitrogens with zero attached hydrogens (tertiary/aromatic N) is 6. The van der Waals surface area contributed by atoms with E-state index in [2.05, 4.69) is 30.7 Å². The average Bonchev–Trinajstić information content (AvgIpc) is 4.08. The lowest BCUT2D eigenvalue weighted by Crippen LogP contribution is -2.40. The number of halogens is 2. The van der Waals surface area contributed by atoms with Crippen molar-refractivity contribution >= 4 is 46.6 Å². The molecule has 0 bridgehead atoms. The molecule has 6 aromatic rings. The standard InChI is InChI=1S/C50H54Cl2N6O13/c1-7-61-43(49(59)63-9-3)41(31-17-15-23-37(27-31)65-29-39(57-67-11-5)47-55-53-45(70-47)33-19-13-21-35(51)25-33)69-42(44(62-8-2)50(60)64-10-4)32-18-16-24-38(28-32)66-30-40(58-68-12-6)48-56-54-46(71-48)34-20-14-22-36(52)26-34/h13-28,41-44H,7-12,29-30H2,1-6H3. The number of benzene rings is 4. The molecule has 19 nitrogen and oxygen atoms in total. The molecule has 0 aliphatic rings. The van der Waals surface area contributed by atoms with E-state index >= 15 is 0 Å². The van der Waals surface area contributed by atoms with Crippen LogP contribution in [0.2, 0.25) is 10.0 Å². The van der Waals surface area contributed by atoms with Crippen molar-refractivity contribution in [3.05, 3.63) is 130 Å². The van der Waals surface area contributed by atoms with Gasteiger partial charge in [0.1, 0.15) is 50.1 Å². The Morgan fingerprint density at radius 1 is 0.535 bits per heavy atom. The number of esters is 2. The summed E-state index contributed by atoms with van der Waals surface area (Å²) in [6.07, 6.45) is -5.23. The summed E-state index contributed by atoms with van der Waals surface area (Å²) in [6, 6.07) is 27.5. The van der Waals surface area contributed by atoms with Crippen molar-refractivity contribution < 1.29 is 61.3 Å². The zero-order valence-corrected chi connectivity index (χ0v) is 41.5. The third-order valence-corrected chi connectivity index (χ3v) is 10.3. The molecule has 71 heavy (non-hydrogen) atoms. The molecular formula is C50H54Cl2N6O13. The van der Waals surface area contributed by atoms with Gasteiger partial charge in [-0.15, -0.1) is 20.4 Å². The van der Waals surface area contributed by atoms with E-state index in [0.717, 1.165) is 0 Å². The number of oxime groups is 2. The first-order valence-electron chi connectivity index (χ1n) is 22.8. The summed E-state index contributed by atoms with van der Waals surface area (Å²) in [5.74, 6) is -0.278. The lowest BCUT2D eigenvalue weighted by molar-refractivity contribution is -0.190. The number of hydrogen-bond acceptors (Lipinski definition) is 19. The molecule has 4 unspecified atom stereocenters. The molecule has 0 aliphatic heterocycles. The molecule has 0 fully saturated rings. The lowest BCUT2D eigenvalue weighted by atomic mass is 9.99. The fourth-order valence-corrected chi connectivity index (χ4v) is 7.12. The van der Waals surface area contributed by atoms with Crippen LogP contribution in [0, 0.1) is 0 Å². The number of rotatable bonds is 28. The van der Waals surface area contributed by atoms with Gasteiger partial charge in [-0.25, -0.2) is 9.59 Å². The molecule has 0 radical (unpaired) electrons. The molecule has 0 saturated carbocycles. The highest BCUT2D eigenvalue weighted by atomic mass is 35.5. The Kier molecular flexibility index (Phi) is 20.7. The van der Waals surface area contributed by atoms with Crippen LogP contribution in [0.5, 0.6) is 11.5 Å². The van der Waals surface area contributed by atoms with Crippen molar-refractivity contribution in [2.45, 2.75) is 66.0 Å². The molecule has 376 valence electrons. The molecule has 2 heterocycles. The van der Waals surface area contributed by atoms with E-state index in [1.807, 2.05) is 0 Å². The first kappa shape index (κ1) is 53.5. The Balaban J connectivity index is 1.34. The summed E-state index contributed by atoms with van der Waals surface area (Å²) < 4.78 is 54.6. The lowest BCUT2D eigenvalue weighted by Gasteiger charge is -2.33. The zero-order chi connectivity index (χ0) is 50.5. The van der Waals surface area contributed by atoms with Crippen molar-refractivity contribution in [1.82, 2.24) is 20.4 Å². The molecular weight excluding hydrogens is 963 g/mol. The Morgan fingerprint density at radius 3 is 1.34 bits per heavy atom. The maximum absolute atomic E-state index is 13.9. The number of carbonyl (C=O) groups excluding carboxylic acids is 2. The predicted molar refractivity (Wildman–Crippen MR) is 260 cm³/mol. The number of hydrogen-bond donors (Lipinski definition) is 0. The minimum Gasteiger partial charge on any atom is -0.487 e. The second-order valence-electron chi connectivity index (χ2n) is 14.7. The molecule has 0 N–H and O–H groups in total. The first-order valence-corrected chi connectivity index (χ1v) is 23.6. The van der Waals surface area contributed by atoms with Crippen molar-refractivity contribution in [2.24, 2.45) is 10.3 Å². The van der Waals surface area contributed by atoms with Gasteiger partial charge in [0.15, 0.2) is 23.6 Å². The van der Waals surface area contributed by atoms with Crippen LogP contribution in [0.15, 0.2) is 116 Å². The Labute approximate surface area is 420 Å². The Bertz CT molecular complexity index is 2530. The normalized spacial score (nSPS) is 13.5. The van der Waals surface area contributed by atoms with E-state index in [9.17, 15) is 9.59 Å². The monoisotopic (exact) mass is 1020 g/mol. The molecule has 21 heteroatoms. The quantitative estimate of drug-likeness (QED) is 0.0254. The van der Waals surface area contributed by atoms with Gasteiger partial charge in [0.2, 0.25) is 11.8 Å². The fraction of sp³-hybridized carbons (Fsp3) is 0.360. The van der Waals surface area contributed by atoms with E-state index < -0.39 is 36.4 Å². The minimum absolute atomic E-state index is 0.0439. The third-order valence-electron chi connectivity index (χ3n) is 9.79. The van der Waals surface area contributed by atoms with E-state index in [1.54, 1.807) is 139 Å². The largest absolute Gasteiger partial charge is 0.487 e. The highest BCUT2D eigenvalue weighted by molar-refractivity contribution is 6.31. The fourth-order valence-electron chi connectivity index (χ4n) is 6.73. The first-order chi connectivity index (χ1) is 34.6. The summed E-state index contributed by atoms with van der Waals surface area (Å²) >= 11 is 12.4. The van der Waals surface area contributed by atoms with E-state index in [1.165, 1.54) is 0 Å². The highest BCUT2D eigenvalue weighted by Gasteiger charge is 2.40. The number of ether oxygens (including phenoxy) is 7. The van der Waals surface area contributed by atoms with E-state index in [4.69, 9.17) is 74.9 Å². The molecule has 0 aliphatic carbocycles. The van der Waals surface area contributed by atoms with Gasteiger partial charge in [-0.3, -0.25) is 0 Å².